The van der Waals surface area contributed by atoms with Crippen molar-refractivity contribution in [1.82, 2.24) is 4.90 Å². The Labute approximate surface area is 209 Å². The predicted molar refractivity (Wildman–Crippen MR) is 134 cm³/mol. The summed E-state index contributed by atoms with van der Waals surface area (Å²) >= 11 is 0. The second-order valence-electron chi connectivity index (χ2n) is 9.24. The Morgan fingerprint density at radius 1 is 1.14 bits per heavy atom. The Bertz CT molecular complexity index is 1310. The smallest absolute Gasteiger partial charge is 0.296 e. The number of rotatable bonds is 8. The van der Waals surface area contributed by atoms with Crippen LogP contribution in [-0.2, 0) is 22.6 Å². The zero-order valence-electron chi connectivity index (χ0n) is 20.4. The fourth-order valence-corrected chi connectivity index (χ4v) is 4.79. The quantitative estimate of drug-likeness (QED) is 0.198. The Morgan fingerprint density at radius 3 is 2.78 bits per heavy atom. The molecule has 0 bridgehead atoms. The lowest BCUT2D eigenvalue weighted by molar-refractivity contribution is -0.140. The molecule has 2 aromatic carbocycles. The van der Waals surface area contributed by atoms with Crippen molar-refractivity contribution in [2.24, 2.45) is 0 Å². The molecule has 3 aromatic rings. The van der Waals surface area contributed by atoms with Crippen LogP contribution >= 0.6 is 0 Å². The Hall–Kier alpha value is -4.00. The van der Waals surface area contributed by atoms with Gasteiger partial charge in [0, 0.05) is 12.0 Å². The molecule has 1 N–H and O–H groups in total. The van der Waals surface area contributed by atoms with Gasteiger partial charge in [-0.1, -0.05) is 25.5 Å². The Morgan fingerprint density at radius 2 is 2.00 bits per heavy atom. The highest BCUT2D eigenvalue weighted by Gasteiger charge is 2.46. The summed E-state index contributed by atoms with van der Waals surface area (Å²) in [7, 11) is 0. The minimum atomic E-state index is -0.798. The van der Waals surface area contributed by atoms with Crippen molar-refractivity contribution in [1.29, 1.82) is 0 Å². The van der Waals surface area contributed by atoms with Gasteiger partial charge in [0.1, 0.15) is 29.1 Å². The number of unbranched alkanes of at least 4 members (excludes halogenated alkanes) is 1. The third-order valence-corrected chi connectivity index (χ3v) is 6.56. The largest absolute Gasteiger partial charge is 0.507 e. The first-order chi connectivity index (χ1) is 17.5. The van der Waals surface area contributed by atoms with Gasteiger partial charge in [0.05, 0.1) is 31.0 Å². The molecule has 1 fully saturated rings. The predicted octanol–water partition coefficient (Wildman–Crippen LogP) is 5.40. The molecule has 36 heavy (non-hydrogen) atoms. The van der Waals surface area contributed by atoms with E-state index < -0.39 is 17.7 Å². The number of nitrogens with zero attached hydrogens (tertiary/aromatic N) is 1. The number of ketones is 1. The van der Waals surface area contributed by atoms with E-state index in [2.05, 4.69) is 6.92 Å². The van der Waals surface area contributed by atoms with E-state index in [9.17, 15) is 14.7 Å². The third kappa shape index (κ3) is 4.49. The standard InChI is InChI=1S/C29H29NO6/c1-3-4-12-34-22-8-5-7-19(16-22)26-25(28(32)29(33)30(26)17-23-9-6-13-35-23)27(31)20-10-11-24-21(15-20)14-18(2)36-24/h5-11,13,15-16,18,26,31H,3-4,12,14,17H2,1-2H3/b27-25+/t18-,26-/m0/s1. The third-order valence-electron chi connectivity index (χ3n) is 6.56. The summed E-state index contributed by atoms with van der Waals surface area (Å²) in [6.45, 7) is 4.74. The molecule has 7 heteroatoms. The van der Waals surface area contributed by atoms with Gasteiger partial charge in [-0.05, 0) is 66.9 Å². The topological polar surface area (TPSA) is 89.2 Å². The lowest BCUT2D eigenvalue weighted by Gasteiger charge is -2.25. The molecule has 1 amide bonds. The monoisotopic (exact) mass is 487 g/mol. The lowest BCUT2D eigenvalue weighted by Crippen LogP contribution is -2.29. The summed E-state index contributed by atoms with van der Waals surface area (Å²) in [5, 5.41) is 11.4. The van der Waals surface area contributed by atoms with Gasteiger partial charge in [-0.25, -0.2) is 0 Å². The molecule has 1 saturated heterocycles. The van der Waals surface area contributed by atoms with E-state index in [-0.39, 0.29) is 24.0 Å². The van der Waals surface area contributed by atoms with Gasteiger partial charge in [-0.2, -0.15) is 0 Å². The van der Waals surface area contributed by atoms with Gasteiger partial charge in [0.15, 0.2) is 0 Å². The van der Waals surface area contributed by atoms with Gasteiger partial charge >= 0.3 is 0 Å². The fourth-order valence-electron chi connectivity index (χ4n) is 4.79. The fraction of sp³-hybridized carbons (Fsp3) is 0.310. The van der Waals surface area contributed by atoms with E-state index in [0.717, 1.165) is 24.2 Å². The summed E-state index contributed by atoms with van der Waals surface area (Å²) < 4.78 is 17.1. The number of aliphatic hydroxyl groups is 1. The second kappa shape index (κ2) is 9.93. The number of Topliss-reactive ketones (excluding diaryl/α,β-unsaturated/α-hetero) is 1. The average Bonchev–Trinajstić information content (AvgIpc) is 3.58. The van der Waals surface area contributed by atoms with Crippen molar-refractivity contribution in [3.8, 4) is 11.5 Å². The molecule has 0 saturated carbocycles. The number of likely N-dealkylation sites (tertiary alicyclic amines) is 1. The number of furan rings is 1. The SMILES string of the molecule is CCCCOc1cccc([C@H]2/C(=C(\O)c3ccc4c(c3)C[C@H](C)O4)C(=O)C(=O)N2Cc2ccco2)c1. The van der Waals surface area contributed by atoms with Crippen LogP contribution in [0.5, 0.6) is 11.5 Å². The van der Waals surface area contributed by atoms with Gasteiger partial charge in [-0.3, -0.25) is 9.59 Å². The number of benzene rings is 2. The van der Waals surface area contributed by atoms with E-state index in [1.807, 2.05) is 37.3 Å². The van der Waals surface area contributed by atoms with Gasteiger partial charge in [0.2, 0.25) is 0 Å². The van der Waals surface area contributed by atoms with Crippen LogP contribution in [0.2, 0.25) is 0 Å². The molecule has 0 aliphatic carbocycles. The van der Waals surface area contributed by atoms with Crippen molar-refractivity contribution in [3.05, 3.63) is 88.9 Å². The molecular weight excluding hydrogens is 458 g/mol. The van der Waals surface area contributed by atoms with Gasteiger partial charge < -0.3 is 23.9 Å². The molecule has 3 heterocycles. The van der Waals surface area contributed by atoms with Crippen molar-refractivity contribution in [2.45, 2.75) is 51.8 Å². The number of carbonyl (C=O) groups excluding carboxylic acids is 2. The second-order valence-corrected chi connectivity index (χ2v) is 9.24. The first-order valence-electron chi connectivity index (χ1n) is 12.3. The summed E-state index contributed by atoms with van der Waals surface area (Å²) in [4.78, 5) is 28.0. The van der Waals surface area contributed by atoms with E-state index in [1.165, 1.54) is 11.2 Å². The first kappa shape index (κ1) is 23.7. The summed E-state index contributed by atoms with van der Waals surface area (Å²) in [5.74, 6) is 0.333. The maximum atomic E-state index is 13.3. The van der Waals surface area contributed by atoms with Crippen LogP contribution in [0.3, 0.4) is 0 Å². The molecule has 1 aromatic heterocycles. The highest BCUT2D eigenvalue weighted by molar-refractivity contribution is 6.46. The van der Waals surface area contributed by atoms with Crippen molar-refractivity contribution in [3.63, 3.8) is 0 Å². The number of hydrogen-bond acceptors (Lipinski definition) is 6. The van der Waals surface area contributed by atoms with Gasteiger partial charge in [0.25, 0.3) is 11.7 Å². The molecule has 5 rings (SSSR count). The molecule has 0 spiro atoms. The summed E-state index contributed by atoms with van der Waals surface area (Å²) in [6.07, 6.45) is 4.21. The number of amides is 1. The number of aliphatic hydroxyl groups excluding tert-OH is 1. The molecule has 0 radical (unpaired) electrons. The Kier molecular flexibility index (Phi) is 6.55. The number of ether oxygens (including phenoxy) is 2. The molecule has 0 unspecified atom stereocenters. The average molecular weight is 488 g/mol. The first-order valence-corrected chi connectivity index (χ1v) is 12.3. The molecule has 2 aliphatic heterocycles. The van der Waals surface area contributed by atoms with Crippen molar-refractivity contribution < 1.29 is 28.6 Å². The normalized spacial score (nSPS) is 20.4. The number of hydrogen-bond donors (Lipinski definition) is 1. The molecule has 7 nitrogen and oxygen atoms in total. The molecule has 2 aliphatic rings. The van der Waals surface area contributed by atoms with Crippen LogP contribution in [0.4, 0.5) is 0 Å². The van der Waals surface area contributed by atoms with E-state index in [0.29, 0.717) is 35.7 Å². The zero-order chi connectivity index (χ0) is 25.2. The van der Waals surface area contributed by atoms with E-state index >= 15 is 0 Å². The molecular formula is C29H29NO6. The van der Waals surface area contributed by atoms with Crippen LogP contribution in [0.15, 0.2) is 70.9 Å². The maximum absolute atomic E-state index is 13.3. The number of fused-ring (bicyclic) bond motifs is 1. The van der Waals surface area contributed by atoms with Crippen LogP contribution in [-0.4, -0.2) is 34.4 Å². The minimum Gasteiger partial charge on any atom is -0.507 e. The minimum absolute atomic E-state index is 0.0455. The van der Waals surface area contributed by atoms with Crippen molar-refractivity contribution >= 4 is 17.4 Å². The maximum Gasteiger partial charge on any atom is 0.296 e. The highest BCUT2D eigenvalue weighted by atomic mass is 16.5. The van der Waals surface area contributed by atoms with Crippen molar-refractivity contribution in [2.75, 3.05) is 6.61 Å². The highest BCUT2D eigenvalue weighted by Crippen LogP contribution is 2.42. The van der Waals surface area contributed by atoms with Crippen LogP contribution in [0.1, 0.15) is 55.2 Å². The summed E-state index contributed by atoms with van der Waals surface area (Å²) in [5.41, 5.74) is 2.15. The zero-order valence-corrected chi connectivity index (χ0v) is 20.4. The Balaban J connectivity index is 1.59. The van der Waals surface area contributed by atoms with E-state index in [1.54, 1.807) is 24.3 Å². The van der Waals surface area contributed by atoms with Crippen LogP contribution in [0, 0.1) is 0 Å². The van der Waals surface area contributed by atoms with Crippen LogP contribution < -0.4 is 9.47 Å². The summed E-state index contributed by atoms with van der Waals surface area (Å²) in [6, 6.07) is 15.4. The molecule has 2 atom stereocenters. The van der Waals surface area contributed by atoms with Crippen LogP contribution in [0.25, 0.3) is 5.76 Å². The van der Waals surface area contributed by atoms with Gasteiger partial charge in [-0.15, -0.1) is 0 Å². The molecule has 186 valence electrons. The lowest BCUT2D eigenvalue weighted by atomic mass is 9.94. The number of carbonyl (C=O) groups is 2. The van der Waals surface area contributed by atoms with E-state index in [4.69, 9.17) is 13.9 Å².